The van der Waals surface area contributed by atoms with Crippen LogP contribution in [0.5, 0.6) is 5.75 Å². The van der Waals surface area contributed by atoms with E-state index in [0.29, 0.717) is 22.3 Å². The molecule has 3 aromatic rings. The molecule has 0 amide bonds. The van der Waals surface area contributed by atoms with Crippen molar-refractivity contribution >= 4 is 28.3 Å². The number of benzene rings is 1. The summed E-state index contributed by atoms with van der Waals surface area (Å²) in [6, 6.07) is 13.0. The molecule has 2 heterocycles. The molecule has 100 valence electrons. The predicted molar refractivity (Wildman–Crippen MR) is 79.7 cm³/mol. The van der Waals surface area contributed by atoms with E-state index in [1.54, 1.807) is 18.3 Å². The topological polar surface area (TPSA) is 61.0 Å². The molecule has 3 rings (SSSR count). The number of aromatic nitrogens is 2. The average molecular weight is 286 g/mol. The summed E-state index contributed by atoms with van der Waals surface area (Å²) in [6.07, 6.45) is 1.74. The number of rotatable bonds is 3. The van der Waals surface area contributed by atoms with Crippen LogP contribution in [0.15, 0.2) is 48.7 Å². The first kappa shape index (κ1) is 12.7. The van der Waals surface area contributed by atoms with E-state index in [9.17, 15) is 0 Å². The second-order valence-corrected chi connectivity index (χ2v) is 4.69. The molecule has 20 heavy (non-hydrogen) atoms. The van der Waals surface area contributed by atoms with Crippen LogP contribution >= 0.6 is 11.6 Å². The van der Waals surface area contributed by atoms with Crippen LogP contribution in [-0.2, 0) is 6.61 Å². The molecule has 0 atom stereocenters. The Hall–Kier alpha value is -2.33. The number of ether oxygens (including phenoxy) is 1. The fourth-order valence-corrected chi connectivity index (χ4v) is 2.10. The zero-order valence-electron chi connectivity index (χ0n) is 10.6. The van der Waals surface area contributed by atoms with Crippen LogP contribution in [0.4, 0.5) is 5.82 Å². The van der Waals surface area contributed by atoms with Crippen LogP contribution in [0.25, 0.3) is 10.9 Å². The van der Waals surface area contributed by atoms with Crippen LogP contribution in [0, 0.1) is 0 Å². The van der Waals surface area contributed by atoms with Gasteiger partial charge < -0.3 is 10.5 Å². The van der Waals surface area contributed by atoms with Gasteiger partial charge in [0.25, 0.3) is 0 Å². The fourth-order valence-electron chi connectivity index (χ4n) is 1.94. The van der Waals surface area contributed by atoms with Gasteiger partial charge in [0.15, 0.2) is 0 Å². The molecule has 5 heteroatoms. The summed E-state index contributed by atoms with van der Waals surface area (Å²) < 4.78 is 5.78. The number of hydrogen-bond acceptors (Lipinski definition) is 4. The second-order valence-electron chi connectivity index (χ2n) is 4.28. The number of hydrogen-bond donors (Lipinski definition) is 1. The molecule has 0 aliphatic carbocycles. The number of fused-ring (bicyclic) bond motifs is 1. The molecule has 0 aliphatic rings. The quantitative estimate of drug-likeness (QED) is 0.801. The maximum atomic E-state index is 6.07. The molecule has 0 fully saturated rings. The SMILES string of the molecule is Nc1ccc(Cl)c(COc2cccc3cccnc23)n1. The monoisotopic (exact) mass is 285 g/mol. The van der Waals surface area contributed by atoms with Crippen LogP contribution in [0.3, 0.4) is 0 Å². The highest BCUT2D eigenvalue weighted by Crippen LogP contribution is 2.25. The van der Waals surface area contributed by atoms with Crippen molar-refractivity contribution < 1.29 is 4.74 Å². The van der Waals surface area contributed by atoms with Gasteiger partial charge in [-0.2, -0.15) is 0 Å². The van der Waals surface area contributed by atoms with Crippen molar-refractivity contribution in [1.82, 2.24) is 9.97 Å². The summed E-state index contributed by atoms with van der Waals surface area (Å²) in [5.74, 6) is 1.12. The molecule has 0 spiro atoms. The van der Waals surface area contributed by atoms with Crippen LogP contribution in [-0.4, -0.2) is 9.97 Å². The van der Waals surface area contributed by atoms with Crippen LogP contribution in [0.1, 0.15) is 5.69 Å². The molecular weight excluding hydrogens is 274 g/mol. The Bertz CT molecular complexity index is 756. The third-order valence-corrected chi connectivity index (χ3v) is 3.24. The van der Waals surface area contributed by atoms with Gasteiger partial charge in [-0.05, 0) is 24.3 Å². The van der Waals surface area contributed by atoms with Crippen LogP contribution < -0.4 is 10.5 Å². The zero-order chi connectivity index (χ0) is 13.9. The third kappa shape index (κ3) is 2.51. The van der Waals surface area contributed by atoms with E-state index >= 15 is 0 Å². The summed E-state index contributed by atoms with van der Waals surface area (Å²) in [5.41, 5.74) is 7.07. The first-order valence-corrected chi connectivity index (χ1v) is 6.49. The highest BCUT2D eigenvalue weighted by molar-refractivity contribution is 6.31. The van der Waals surface area contributed by atoms with Gasteiger partial charge in [0.2, 0.25) is 0 Å². The van der Waals surface area contributed by atoms with Crippen molar-refractivity contribution in [2.45, 2.75) is 6.61 Å². The maximum Gasteiger partial charge on any atom is 0.146 e. The van der Waals surface area contributed by atoms with Gasteiger partial charge in [-0.1, -0.05) is 29.8 Å². The lowest BCUT2D eigenvalue weighted by Crippen LogP contribution is -2.02. The number of nitrogen functional groups attached to an aromatic ring is 1. The molecule has 0 saturated heterocycles. The number of nitrogens with two attached hydrogens (primary N) is 1. The number of halogens is 1. The molecule has 2 aromatic heterocycles. The largest absolute Gasteiger partial charge is 0.485 e. The lowest BCUT2D eigenvalue weighted by atomic mass is 10.2. The Morgan fingerprint density at radius 3 is 2.85 bits per heavy atom. The van der Waals surface area contributed by atoms with Crippen molar-refractivity contribution in [3.8, 4) is 5.75 Å². The summed E-state index contributed by atoms with van der Waals surface area (Å²) in [4.78, 5) is 8.50. The average Bonchev–Trinajstić information content (AvgIpc) is 2.48. The van der Waals surface area contributed by atoms with Crippen molar-refractivity contribution in [3.05, 3.63) is 59.4 Å². The van der Waals surface area contributed by atoms with Gasteiger partial charge in [0, 0.05) is 11.6 Å². The van der Waals surface area contributed by atoms with E-state index in [4.69, 9.17) is 22.1 Å². The molecule has 0 unspecified atom stereocenters. The molecular formula is C15H12ClN3O. The van der Waals surface area contributed by atoms with E-state index in [1.165, 1.54) is 0 Å². The molecule has 0 saturated carbocycles. The van der Waals surface area contributed by atoms with E-state index in [0.717, 1.165) is 10.9 Å². The third-order valence-electron chi connectivity index (χ3n) is 2.90. The molecule has 2 N–H and O–H groups in total. The number of anilines is 1. The van der Waals surface area contributed by atoms with Crippen LogP contribution in [0.2, 0.25) is 5.02 Å². The lowest BCUT2D eigenvalue weighted by Gasteiger charge is -2.09. The summed E-state index contributed by atoms with van der Waals surface area (Å²) in [7, 11) is 0. The van der Waals surface area contributed by atoms with Gasteiger partial charge in [-0.25, -0.2) is 4.98 Å². The smallest absolute Gasteiger partial charge is 0.146 e. The molecule has 0 bridgehead atoms. The first-order valence-electron chi connectivity index (χ1n) is 6.11. The Kier molecular flexibility index (Phi) is 3.39. The standard InChI is InChI=1S/C15H12ClN3O/c16-11-6-7-14(17)19-12(11)9-20-13-5-1-3-10-4-2-8-18-15(10)13/h1-8H,9H2,(H2,17,19). The summed E-state index contributed by atoms with van der Waals surface area (Å²) >= 11 is 6.07. The van der Waals surface area contributed by atoms with Gasteiger partial charge in [-0.15, -0.1) is 0 Å². The minimum absolute atomic E-state index is 0.250. The van der Waals surface area contributed by atoms with E-state index in [2.05, 4.69) is 9.97 Å². The van der Waals surface area contributed by atoms with Gasteiger partial charge >= 0.3 is 0 Å². The predicted octanol–water partition coefficient (Wildman–Crippen LogP) is 3.44. The van der Waals surface area contributed by atoms with E-state index in [1.807, 2.05) is 30.3 Å². The number of para-hydroxylation sites is 1. The fraction of sp³-hybridized carbons (Fsp3) is 0.0667. The number of pyridine rings is 2. The van der Waals surface area contributed by atoms with E-state index in [-0.39, 0.29) is 6.61 Å². The Morgan fingerprint density at radius 2 is 1.95 bits per heavy atom. The van der Waals surface area contributed by atoms with Gasteiger partial charge in [0.05, 0.1) is 10.7 Å². The highest BCUT2D eigenvalue weighted by Gasteiger charge is 2.07. The van der Waals surface area contributed by atoms with E-state index < -0.39 is 0 Å². The van der Waals surface area contributed by atoms with Crippen molar-refractivity contribution in [1.29, 1.82) is 0 Å². The molecule has 0 radical (unpaired) electrons. The highest BCUT2D eigenvalue weighted by atomic mass is 35.5. The summed E-state index contributed by atoms with van der Waals surface area (Å²) in [6.45, 7) is 0.250. The normalized spacial score (nSPS) is 10.7. The molecule has 4 nitrogen and oxygen atoms in total. The minimum Gasteiger partial charge on any atom is -0.485 e. The second kappa shape index (κ2) is 5.35. The molecule has 0 aliphatic heterocycles. The Morgan fingerprint density at radius 1 is 1.10 bits per heavy atom. The van der Waals surface area contributed by atoms with Crippen molar-refractivity contribution in [2.75, 3.05) is 5.73 Å². The minimum atomic E-state index is 0.250. The lowest BCUT2D eigenvalue weighted by molar-refractivity contribution is 0.305. The Labute approximate surface area is 121 Å². The maximum absolute atomic E-state index is 6.07. The number of nitrogens with zero attached hydrogens (tertiary/aromatic N) is 2. The van der Waals surface area contributed by atoms with Gasteiger partial charge in [0.1, 0.15) is 23.7 Å². The summed E-state index contributed by atoms with van der Waals surface area (Å²) in [5, 5.41) is 1.56. The zero-order valence-corrected chi connectivity index (χ0v) is 11.3. The first-order chi connectivity index (χ1) is 9.74. The van der Waals surface area contributed by atoms with Crippen molar-refractivity contribution in [3.63, 3.8) is 0 Å². The van der Waals surface area contributed by atoms with Gasteiger partial charge in [-0.3, -0.25) is 4.98 Å². The Balaban J connectivity index is 1.89. The molecule has 1 aromatic carbocycles. The van der Waals surface area contributed by atoms with Crippen molar-refractivity contribution in [2.24, 2.45) is 0 Å².